The zero-order valence-electron chi connectivity index (χ0n) is 16.6. The van der Waals surface area contributed by atoms with Crippen molar-refractivity contribution >= 4 is 11.5 Å². The van der Waals surface area contributed by atoms with Gasteiger partial charge in [-0.3, -0.25) is 9.88 Å². The quantitative estimate of drug-likeness (QED) is 0.582. The van der Waals surface area contributed by atoms with Gasteiger partial charge in [-0.2, -0.15) is 9.61 Å². The Hall–Kier alpha value is -3.19. The van der Waals surface area contributed by atoms with Crippen LogP contribution in [-0.2, 0) is 6.54 Å². The first-order valence-corrected chi connectivity index (χ1v) is 10.1. The molecule has 5 rings (SSSR count). The summed E-state index contributed by atoms with van der Waals surface area (Å²) >= 11 is 0. The summed E-state index contributed by atoms with van der Waals surface area (Å²) in [5.41, 5.74) is 11.5. The number of nitrogens with zero attached hydrogens (tertiary/aromatic N) is 6. The van der Waals surface area contributed by atoms with Crippen LogP contribution >= 0.6 is 0 Å². The lowest BCUT2D eigenvalue weighted by atomic mass is 9.93. The van der Waals surface area contributed by atoms with Crippen molar-refractivity contribution in [1.29, 1.82) is 0 Å². The smallest absolute Gasteiger partial charge is 0.157 e. The van der Waals surface area contributed by atoms with Crippen molar-refractivity contribution in [2.24, 2.45) is 0 Å². The number of hydrogen-bond donors (Lipinski definition) is 1. The van der Waals surface area contributed by atoms with E-state index in [-0.39, 0.29) is 0 Å². The lowest BCUT2D eigenvalue weighted by molar-refractivity contribution is 0.200. The van der Waals surface area contributed by atoms with Crippen LogP contribution in [0, 0.1) is 6.92 Å². The van der Waals surface area contributed by atoms with Gasteiger partial charge in [0.15, 0.2) is 5.65 Å². The molecule has 0 saturated carbocycles. The first-order chi connectivity index (χ1) is 14.2. The Kier molecular flexibility index (Phi) is 4.52. The molecule has 0 bridgehead atoms. The van der Waals surface area contributed by atoms with E-state index in [0.717, 1.165) is 55.2 Å². The van der Waals surface area contributed by atoms with Gasteiger partial charge in [0.25, 0.3) is 0 Å². The number of fused-ring (bicyclic) bond motifs is 1. The maximum Gasteiger partial charge on any atom is 0.157 e. The fraction of sp³-hybridized carbons (Fsp3) is 0.318. The zero-order chi connectivity index (χ0) is 19.8. The van der Waals surface area contributed by atoms with Gasteiger partial charge in [0, 0.05) is 48.4 Å². The third-order valence-electron chi connectivity index (χ3n) is 5.75. The Balaban J connectivity index is 1.28. The van der Waals surface area contributed by atoms with Crippen LogP contribution in [0.2, 0.25) is 0 Å². The molecule has 1 saturated heterocycles. The van der Waals surface area contributed by atoms with Crippen LogP contribution in [0.4, 0.5) is 5.82 Å². The molecule has 0 spiro atoms. The molecule has 1 aliphatic rings. The summed E-state index contributed by atoms with van der Waals surface area (Å²) in [6, 6.07) is 12.3. The second-order valence-corrected chi connectivity index (χ2v) is 7.79. The van der Waals surface area contributed by atoms with Gasteiger partial charge in [0.05, 0.1) is 17.6 Å². The van der Waals surface area contributed by atoms with Crippen molar-refractivity contribution in [3.8, 4) is 5.69 Å². The highest BCUT2D eigenvalue weighted by molar-refractivity contribution is 5.48. The summed E-state index contributed by atoms with van der Waals surface area (Å²) in [7, 11) is 0. The van der Waals surface area contributed by atoms with Crippen LogP contribution in [-0.4, -0.2) is 42.1 Å². The van der Waals surface area contributed by atoms with Gasteiger partial charge in [-0.25, -0.2) is 4.98 Å². The van der Waals surface area contributed by atoms with E-state index in [1.807, 2.05) is 31.3 Å². The molecule has 0 aromatic carbocycles. The van der Waals surface area contributed by atoms with Gasteiger partial charge in [-0.1, -0.05) is 0 Å². The highest BCUT2D eigenvalue weighted by atomic mass is 15.3. The second kappa shape index (κ2) is 7.33. The maximum atomic E-state index is 6.21. The minimum Gasteiger partial charge on any atom is -0.384 e. The highest BCUT2D eigenvalue weighted by Crippen LogP contribution is 2.29. The summed E-state index contributed by atoms with van der Waals surface area (Å²) in [4.78, 5) is 11.6. The minimum absolute atomic E-state index is 0.443. The summed E-state index contributed by atoms with van der Waals surface area (Å²) in [6.07, 6.45) is 7.99. The van der Waals surface area contributed by atoms with Gasteiger partial charge in [-0.15, -0.1) is 0 Å². The number of rotatable bonds is 4. The molecule has 4 aromatic rings. The van der Waals surface area contributed by atoms with Crippen molar-refractivity contribution in [3.63, 3.8) is 0 Å². The van der Waals surface area contributed by atoms with Crippen LogP contribution in [0.25, 0.3) is 11.3 Å². The number of aromatic nitrogens is 5. The normalized spacial score (nSPS) is 15.9. The SMILES string of the molecule is Cc1cc2nc(C3CCN(Cc4cccn4-c4cccnc4)CC3)cc(N)n2n1. The van der Waals surface area contributed by atoms with E-state index in [4.69, 9.17) is 10.7 Å². The van der Waals surface area contributed by atoms with Gasteiger partial charge in [-0.05, 0) is 57.1 Å². The van der Waals surface area contributed by atoms with Crippen LogP contribution in [0.3, 0.4) is 0 Å². The van der Waals surface area contributed by atoms with Crippen molar-refractivity contribution in [3.05, 3.63) is 72.1 Å². The van der Waals surface area contributed by atoms with Crippen LogP contribution < -0.4 is 5.73 Å². The van der Waals surface area contributed by atoms with Crippen LogP contribution in [0.5, 0.6) is 0 Å². The predicted molar refractivity (Wildman–Crippen MR) is 113 cm³/mol. The average Bonchev–Trinajstić information content (AvgIpc) is 3.35. The minimum atomic E-state index is 0.443. The number of nitrogens with two attached hydrogens (primary N) is 1. The van der Waals surface area contributed by atoms with Gasteiger partial charge in [0.2, 0.25) is 0 Å². The number of hydrogen-bond acceptors (Lipinski definition) is 5. The lowest BCUT2D eigenvalue weighted by Gasteiger charge is -2.32. The van der Waals surface area contributed by atoms with E-state index in [2.05, 4.69) is 43.9 Å². The second-order valence-electron chi connectivity index (χ2n) is 7.79. The molecular weight excluding hydrogens is 362 g/mol. The standard InChI is InChI=1S/C22H25N7/c1-16-12-22-25-20(13-21(23)29(22)26-16)17-6-10-27(11-7-17)15-19-5-3-9-28(19)18-4-2-8-24-14-18/h2-5,8-9,12-14,17H,6-7,10-11,15,23H2,1H3. The lowest BCUT2D eigenvalue weighted by Crippen LogP contribution is -2.33. The fourth-order valence-electron chi connectivity index (χ4n) is 4.25. The third-order valence-corrected chi connectivity index (χ3v) is 5.75. The molecule has 0 unspecified atom stereocenters. The molecule has 5 heterocycles. The molecule has 0 radical (unpaired) electrons. The van der Waals surface area contributed by atoms with E-state index in [0.29, 0.717) is 11.7 Å². The van der Waals surface area contributed by atoms with Crippen molar-refractivity contribution < 1.29 is 0 Å². The van der Waals surface area contributed by atoms with E-state index in [1.54, 1.807) is 10.7 Å². The Morgan fingerprint density at radius 1 is 1.14 bits per heavy atom. The largest absolute Gasteiger partial charge is 0.384 e. The number of pyridine rings is 1. The zero-order valence-corrected chi connectivity index (χ0v) is 16.6. The Morgan fingerprint density at radius 2 is 2.00 bits per heavy atom. The number of piperidine rings is 1. The molecule has 7 heteroatoms. The molecule has 0 amide bonds. The van der Waals surface area contributed by atoms with Crippen LogP contribution in [0.1, 0.15) is 35.8 Å². The molecule has 0 atom stereocenters. The highest BCUT2D eigenvalue weighted by Gasteiger charge is 2.23. The predicted octanol–water partition coefficient (Wildman–Crippen LogP) is 3.19. The Morgan fingerprint density at radius 3 is 2.79 bits per heavy atom. The first kappa shape index (κ1) is 17.9. The molecule has 2 N–H and O–H groups in total. The number of anilines is 1. The fourth-order valence-corrected chi connectivity index (χ4v) is 4.25. The molecular formula is C22H25N7. The van der Waals surface area contributed by atoms with Gasteiger partial charge >= 0.3 is 0 Å². The number of likely N-dealkylation sites (tertiary alicyclic amines) is 1. The summed E-state index contributed by atoms with van der Waals surface area (Å²) in [5.74, 6) is 1.11. The molecule has 4 aromatic heterocycles. The first-order valence-electron chi connectivity index (χ1n) is 10.1. The number of nitrogen functional groups attached to an aromatic ring is 1. The third kappa shape index (κ3) is 3.49. The summed E-state index contributed by atoms with van der Waals surface area (Å²) < 4.78 is 3.94. The van der Waals surface area contributed by atoms with E-state index in [9.17, 15) is 0 Å². The molecule has 0 aliphatic carbocycles. The van der Waals surface area contributed by atoms with Gasteiger partial charge in [0.1, 0.15) is 5.82 Å². The van der Waals surface area contributed by atoms with E-state index < -0.39 is 0 Å². The Labute approximate surface area is 169 Å². The van der Waals surface area contributed by atoms with Crippen molar-refractivity contribution in [2.75, 3.05) is 18.8 Å². The maximum absolute atomic E-state index is 6.21. The molecule has 1 fully saturated rings. The molecule has 148 valence electrons. The topological polar surface area (TPSA) is 77.3 Å². The average molecular weight is 387 g/mol. The number of aryl methyl sites for hydroxylation is 1. The molecule has 29 heavy (non-hydrogen) atoms. The summed E-state index contributed by atoms with van der Waals surface area (Å²) in [5, 5.41) is 4.40. The monoisotopic (exact) mass is 387 g/mol. The molecule has 1 aliphatic heterocycles. The van der Waals surface area contributed by atoms with Gasteiger partial charge < -0.3 is 10.3 Å². The molecule has 7 nitrogen and oxygen atoms in total. The van der Waals surface area contributed by atoms with Crippen molar-refractivity contribution in [1.82, 2.24) is 29.0 Å². The van der Waals surface area contributed by atoms with E-state index in [1.165, 1.54) is 5.69 Å². The van der Waals surface area contributed by atoms with E-state index >= 15 is 0 Å². The van der Waals surface area contributed by atoms with Crippen molar-refractivity contribution in [2.45, 2.75) is 32.2 Å². The van der Waals surface area contributed by atoms with Crippen LogP contribution in [0.15, 0.2) is 55.0 Å². The Bertz CT molecular complexity index is 1120. The summed E-state index contributed by atoms with van der Waals surface area (Å²) in [6.45, 7) is 5.00.